The van der Waals surface area contributed by atoms with E-state index in [1.54, 1.807) is 27.9 Å². The van der Waals surface area contributed by atoms with Crippen LogP contribution in [-0.2, 0) is 0 Å². The molecular weight excluding hydrogens is 270 g/mol. The number of aromatic nitrogens is 3. The van der Waals surface area contributed by atoms with Crippen LogP contribution >= 0.6 is 0 Å². The molecule has 1 fully saturated rings. The number of likely N-dealkylation sites (N-methyl/N-ethyl adjacent to an activating group) is 1. The Labute approximate surface area is 122 Å². The summed E-state index contributed by atoms with van der Waals surface area (Å²) >= 11 is 0. The monoisotopic (exact) mass is 289 g/mol. The van der Waals surface area contributed by atoms with Crippen molar-refractivity contribution in [1.29, 1.82) is 0 Å². The highest BCUT2D eigenvalue weighted by molar-refractivity contribution is 5.99. The van der Waals surface area contributed by atoms with E-state index in [2.05, 4.69) is 10.1 Å². The smallest absolute Gasteiger partial charge is 0.259 e. The molecule has 7 heteroatoms. The number of aliphatic hydroxyl groups is 1. The maximum atomic E-state index is 12.6. The maximum absolute atomic E-state index is 12.6. The number of carbonyl (C=O) groups excluding carboxylic acids is 1. The van der Waals surface area contributed by atoms with Gasteiger partial charge in [-0.25, -0.2) is 9.50 Å². The summed E-state index contributed by atoms with van der Waals surface area (Å²) in [5, 5.41) is 14.7. The molecule has 112 valence electrons. The Kier molecular flexibility index (Phi) is 3.38. The first kappa shape index (κ1) is 14.0. The zero-order chi connectivity index (χ0) is 15.0. The number of likely N-dealkylation sites (tertiary alicyclic amines) is 1. The van der Waals surface area contributed by atoms with E-state index in [9.17, 15) is 9.90 Å². The van der Waals surface area contributed by atoms with Crippen LogP contribution in [0.3, 0.4) is 0 Å². The van der Waals surface area contributed by atoms with E-state index in [1.807, 2.05) is 19.0 Å². The predicted octanol–water partition coefficient (Wildman–Crippen LogP) is -0.132. The molecule has 21 heavy (non-hydrogen) atoms. The summed E-state index contributed by atoms with van der Waals surface area (Å²) in [6, 6.07) is 1.76. The molecule has 1 amide bonds. The van der Waals surface area contributed by atoms with E-state index in [0.29, 0.717) is 37.3 Å². The third-order valence-electron chi connectivity index (χ3n) is 3.74. The van der Waals surface area contributed by atoms with Gasteiger partial charge >= 0.3 is 0 Å². The van der Waals surface area contributed by atoms with Crippen molar-refractivity contribution in [3.05, 3.63) is 30.2 Å². The van der Waals surface area contributed by atoms with Crippen molar-refractivity contribution in [2.75, 3.05) is 33.7 Å². The highest BCUT2D eigenvalue weighted by atomic mass is 16.3. The molecule has 0 spiro atoms. The van der Waals surface area contributed by atoms with Crippen LogP contribution in [-0.4, -0.2) is 74.7 Å². The lowest BCUT2D eigenvalue weighted by Crippen LogP contribution is -2.43. The van der Waals surface area contributed by atoms with Gasteiger partial charge in [0.25, 0.3) is 5.91 Å². The molecular formula is C14H19N5O2. The molecule has 0 saturated carbocycles. The van der Waals surface area contributed by atoms with Gasteiger partial charge in [-0.1, -0.05) is 0 Å². The molecule has 1 aliphatic rings. The second-order valence-electron chi connectivity index (χ2n) is 5.88. The fourth-order valence-electron chi connectivity index (χ4n) is 2.90. The van der Waals surface area contributed by atoms with Crippen LogP contribution in [0.5, 0.6) is 0 Å². The Morgan fingerprint density at radius 3 is 3.10 bits per heavy atom. The predicted molar refractivity (Wildman–Crippen MR) is 77.0 cm³/mol. The van der Waals surface area contributed by atoms with Crippen molar-refractivity contribution < 1.29 is 9.90 Å². The summed E-state index contributed by atoms with van der Waals surface area (Å²) in [5.74, 6) is -0.126. The lowest BCUT2D eigenvalue weighted by atomic mass is 10.0. The largest absolute Gasteiger partial charge is 0.387 e. The first-order valence-corrected chi connectivity index (χ1v) is 6.93. The SMILES string of the molecule is CN(C)CC1(O)CCN(C(=O)c2cnn3cccnc23)C1. The lowest BCUT2D eigenvalue weighted by molar-refractivity contribution is 0.0236. The van der Waals surface area contributed by atoms with E-state index in [1.165, 1.54) is 6.20 Å². The Bertz CT molecular complexity index is 668. The van der Waals surface area contributed by atoms with Gasteiger partial charge in [-0.2, -0.15) is 5.10 Å². The number of hydrogen-bond acceptors (Lipinski definition) is 5. The van der Waals surface area contributed by atoms with Gasteiger partial charge in [0, 0.05) is 25.5 Å². The second-order valence-corrected chi connectivity index (χ2v) is 5.88. The van der Waals surface area contributed by atoms with E-state index >= 15 is 0 Å². The van der Waals surface area contributed by atoms with Crippen LogP contribution in [0.1, 0.15) is 16.8 Å². The normalized spacial score (nSPS) is 22.4. The molecule has 1 saturated heterocycles. The van der Waals surface area contributed by atoms with Crippen LogP contribution in [0.2, 0.25) is 0 Å². The van der Waals surface area contributed by atoms with Crippen LogP contribution in [0, 0.1) is 0 Å². The number of amides is 1. The average molecular weight is 289 g/mol. The Morgan fingerprint density at radius 2 is 2.33 bits per heavy atom. The first-order chi connectivity index (χ1) is 9.98. The molecule has 0 aromatic carbocycles. The van der Waals surface area contributed by atoms with Crippen LogP contribution in [0.25, 0.3) is 5.65 Å². The van der Waals surface area contributed by atoms with Gasteiger partial charge < -0.3 is 14.9 Å². The van der Waals surface area contributed by atoms with Crippen molar-refractivity contribution in [3.8, 4) is 0 Å². The highest BCUT2D eigenvalue weighted by Crippen LogP contribution is 2.24. The van der Waals surface area contributed by atoms with Gasteiger partial charge in [-0.3, -0.25) is 4.79 Å². The van der Waals surface area contributed by atoms with Gasteiger partial charge in [0.15, 0.2) is 5.65 Å². The second kappa shape index (κ2) is 5.09. The summed E-state index contributed by atoms with van der Waals surface area (Å²) in [7, 11) is 3.83. The summed E-state index contributed by atoms with van der Waals surface area (Å²) in [4.78, 5) is 20.4. The van der Waals surface area contributed by atoms with Gasteiger partial charge in [0.2, 0.25) is 0 Å². The number of hydrogen-bond donors (Lipinski definition) is 1. The maximum Gasteiger partial charge on any atom is 0.259 e. The lowest BCUT2D eigenvalue weighted by Gasteiger charge is -2.26. The topological polar surface area (TPSA) is 74.0 Å². The Balaban J connectivity index is 1.81. The molecule has 2 aromatic heterocycles. The fraction of sp³-hybridized carbons (Fsp3) is 0.500. The first-order valence-electron chi connectivity index (χ1n) is 6.93. The zero-order valence-corrected chi connectivity index (χ0v) is 12.2. The van der Waals surface area contributed by atoms with E-state index in [-0.39, 0.29) is 5.91 Å². The molecule has 2 aromatic rings. The summed E-state index contributed by atoms with van der Waals surface area (Å²) < 4.78 is 1.58. The third kappa shape index (κ3) is 2.62. The third-order valence-corrected chi connectivity index (χ3v) is 3.74. The van der Waals surface area contributed by atoms with Crippen molar-refractivity contribution in [2.45, 2.75) is 12.0 Å². The number of rotatable bonds is 3. The molecule has 7 nitrogen and oxygen atoms in total. The van der Waals surface area contributed by atoms with E-state index < -0.39 is 5.60 Å². The summed E-state index contributed by atoms with van der Waals surface area (Å²) in [6.07, 6.45) is 5.52. The minimum Gasteiger partial charge on any atom is -0.387 e. The molecule has 0 aliphatic carbocycles. The molecule has 0 bridgehead atoms. The van der Waals surface area contributed by atoms with Gasteiger partial charge in [-0.15, -0.1) is 0 Å². The minimum atomic E-state index is -0.838. The van der Waals surface area contributed by atoms with Crippen molar-refractivity contribution in [1.82, 2.24) is 24.4 Å². The van der Waals surface area contributed by atoms with E-state index in [0.717, 1.165) is 0 Å². The Hall–Kier alpha value is -1.99. The van der Waals surface area contributed by atoms with Gasteiger partial charge in [-0.05, 0) is 26.6 Å². The molecule has 3 heterocycles. The number of fused-ring (bicyclic) bond motifs is 1. The van der Waals surface area contributed by atoms with Crippen molar-refractivity contribution >= 4 is 11.6 Å². The van der Waals surface area contributed by atoms with Crippen molar-refractivity contribution in [3.63, 3.8) is 0 Å². The zero-order valence-electron chi connectivity index (χ0n) is 12.2. The van der Waals surface area contributed by atoms with Crippen LogP contribution in [0.4, 0.5) is 0 Å². The van der Waals surface area contributed by atoms with Crippen LogP contribution < -0.4 is 0 Å². The molecule has 3 rings (SSSR count). The fourth-order valence-corrected chi connectivity index (χ4v) is 2.90. The molecule has 1 atom stereocenters. The average Bonchev–Trinajstić information content (AvgIpc) is 3.01. The Morgan fingerprint density at radius 1 is 1.52 bits per heavy atom. The quantitative estimate of drug-likeness (QED) is 0.852. The highest BCUT2D eigenvalue weighted by Gasteiger charge is 2.39. The van der Waals surface area contributed by atoms with Crippen LogP contribution in [0.15, 0.2) is 24.7 Å². The summed E-state index contributed by atoms with van der Waals surface area (Å²) in [6.45, 7) is 1.44. The number of carbonyl (C=O) groups is 1. The number of nitrogens with zero attached hydrogens (tertiary/aromatic N) is 5. The minimum absolute atomic E-state index is 0.126. The number of β-amino-alcohol motifs (C(OH)–C–C–N with tert-alkyl or cyclic N) is 1. The summed E-state index contributed by atoms with van der Waals surface area (Å²) in [5.41, 5.74) is 0.186. The molecule has 1 unspecified atom stereocenters. The molecule has 1 N–H and O–H groups in total. The van der Waals surface area contributed by atoms with Gasteiger partial charge in [0.05, 0.1) is 18.3 Å². The molecule has 0 radical (unpaired) electrons. The standard InChI is InChI=1S/C14H19N5O2/c1-17(2)9-14(21)4-7-18(10-14)13(20)11-8-16-19-6-3-5-15-12(11)19/h3,5-6,8,21H,4,7,9-10H2,1-2H3. The molecule has 1 aliphatic heterocycles. The van der Waals surface area contributed by atoms with E-state index in [4.69, 9.17) is 0 Å². The van der Waals surface area contributed by atoms with Crippen molar-refractivity contribution in [2.24, 2.45) is 0 Å². The van der Waals surface area contributed by atoms with Gasteiger partial charge in [0.1, 0.15) is 5.56 Å².